The van der Waals surface area contributed by atoms with Crippen LogP contribution < -0.4 is 10.2 Å². The molecule has 1 amide bonds. The first-order chi connectivity index (χ1) is 16.2. The molecule has 6 nitrogen and oxygen atoms in total. The Morgan fingerprint density at radius 1 is 1.21 bits per heavy atom. The molecule has 0 radical (unpaired) electrons. The summed E-state index contributed by atoms with van der Waals surface area (Å²) in [6.07, 6.45) is 1.73. The highest BCUT2D eigenvalue weighted by molar-refractivity contribution is 5.83. The molecule has 1 aromatic rings. The second-order valence-corrected chi connectivity index (χ2v) is 10.4. The number of alkyl halides is 3. The molecule has 190 valence electrons. The van der Waals surface area contributed by atoms with Crippen LogP contribution in [0.3, 0.4) is 0 Å². The molecule has 9 heteroatoms. The zero-order valence-corrected chi connectivity index (χ0v) is 20.2. The summed E-state index contributed by atoms with van der Waals surface area (Å²) in [5, 5.41) is 3.73. The number of amides is 1. The van der Waals surface area contributed by atoms with Gasteiger partial charge in [-0.05, 0) is 62.6 Å². The Labute approximate surface area is 200 Å². The van der Waals surface area contributed by atoms with Gasteiger partial charge in [0.05, 0.1) is 11.0 Å². The lowest BCUT2D eigenvalue weighted by Gasteiger charge is -2.42. The molecule has 3 fully saturated rings. The smallest absolute Gasteiger partial charge is 0.381 e. The predicted octanol–water partition coefficient (Wildman–Crippen LogP) is 3.96. The highest BCUT2D eigenvalue weighted by Gasteiger charge is 2.49. The minimum absolute atomic E-state index is 0.203. The number of carbonyl (C=O) groups is 1. The number of aromatic nitrogens is 1. The van der Waals surface area contributed by atoms with Crippen molar-refractivity contribution in [1.82, 2.24) is 15.2 Å². The van der Waals surface area contributed by atoms with Crippen LogP contribution in [0.15, 0.2) is 18.3 Å². The molecular weight excluding hydrogens is 445 g/mol. The number of pyridine rings is 1. The van der Waals surface area contributed by atoms with E-state index in [9.17, 15) is 18.0 Å². The van der Waals surface area contributed by atoms with Crippen LogP contribution in [0.1, 0.15) is 51.5 Å². The number of anilines is 1. The molecule has 3 aliphatic rings. The van der Waals surface area contributed by atoms with E-state index in [-0.39, 0.29) is 17.2 Å². The van der Waals surface area contributed by atoms with Crippen LogP contribution in [-0.4, -0.2) is 67.8 Å². The Morgan fingerprint density at radius 3 is 2.56 bits per heavy atom. The van der Waals surface area contributed by atoms with E-state index in [1.54, 1.807) is 0 Å². The topological polar surface area (TPSA) is 57.7 Å². The first kappa shape index (κ1) is 25.2. The summed E-state index contributed by atoms with van der Waals surface area (Å²) < 4.78 is 44.7. The fourth-order valence-electron chi connectivity index (χ4n) is 5.72. The number of rotatable bonds is 6. The molecule has 4 rings (SSSR count). The zero-order chi connectivity index (χ0) is 24.3. The van der Waals surface area contributed by atoms with Crippen LogP contribution >= 0.6 is 0 Å². The summed E-state index contributed by atoms with van der Waals surface area (Å²) in [6.45, 7) is 8.93. The van der Waals surface area contributed by atoms with Crippen molar-refractivity contribution in [3.63, 3.8) is 0 Å². The standard InChI is InChI=1S/C25H37F3N4O2/c1-18(2)24(7-3-21(16-24)30-17-19-5-13-34-14-6-19)23(33)32-11-9-31(10-12-32)22-15-20(4-8-29-22)25(26,27)28/h4,8,15,18-19,21,30H,3,5-7,9-14,16-17H2,1-2H3/t21-,24+/m1/s1. The van der Waals surface area contributed by atoms with E-state index >= 15 is 0 Å². The average Bonchev–Trinajstić information content (AvgIpc) is 3.28. The predicted molar refractivity (Wildman–Crippen MR) is 124 cm³/mol. The van der Waals surface area contributed by atoms with E-state index in [0.717, 1.165) is 64.0 Å². The summed E-state index contributed by atoms with van der Waals surface area (Å²) in [4.78, 5) is 21.6. The van der Waals surface area contributed by atoms with Gasteiger partial charge in [0.2, 0.25) is 5.91 Å². The minimum Gasteiger partial charge on any atom is -0.381 e. The number of carbonyl (C=O) groups excluding carboxylic acids is 1. The lowest BCUT2D eigenvalue weighted by atomic mass is 9.74. The number of hydrogen-bond acceptors (Lipinski definition) is 5. The molecule has 1 saturated carbocycles. The van der Waals surface area contributed by atoms with E-state index in [4.69, 9.17) is 4.74 Å². The third kappa shape index (κ3) is 5.51. The number of halogens is 3. The number of piperazine rings is 1. The van der Waals surface area contributed by atoms with E-state index in [1.165, 1.54) is 6.20 Å². The van der Waals surface area contributed by atoms with Crippen molar-refractivity contribution in [2.24, 2.45) is 17.3 Å². The Balaban J connectivity index is 1.34. The highest BCUT2D eigenvalue weighted by Crippen LogP contribution is 2.46. The van der Waals surface area contributed by atoms with Crippen LogP contribution in [0.2, 0.25) is 0 Å². The largest absolute Gasteiger partial charge is 0.416 e. The molecule has 2 saturated heterocycles. The number of hydrogen-bond donors (Lipinski definition) is 1. The van der Waals surface area contributed by atoms with Gasteiger partial charge in [-0.2, -0.15) is 13.2 Å². The van der Waals surface area contributed by atoms with Gasteiger partial charge in [-0.15, -0.1) is 0 Å². The molecule has 0 spiro atoms. The van der Waals surface area contributed by atoms with Crippen LogP contribution in [0.4, 0.5) is 19.0 Å². The summed E-state index contributed by atoms with van der Waals surface area (Å²) in [5.74, 6) is 1.40. The van der Waals surface area contributed by atoms with Gasteiger partial charge in [0.15, 0.2) is 0 Å². The summed E-state index contributed by atoms with van der Waals surface area (Å²) in [6, 6.07) is 2.44. The van der Waals surface area contributed by atoms with E-state index < -0.39 is 11.7 Å². The maximum Gasteiger partial charge on any atom is 0.416 e. The normalized spacial score (nSPS) is 26.9. The highest BCUT2D eigenvalue weighted by atomic mass is 19.4. The minimum atomic E-state index is -4.39. The maximum absolute atomic E-state index is 13.7. The summed E-state index contributed by atoms with van der Waals surface area (Å²) in [5.41, 5.74) is -1.07. The van der Waals surface area contributed by atoms with E-state index in [1.807, 2.05) is 9.80 Å². The van der Waals surface area contributed by atoms with E-state index in [0.29, 0.717) is 44.0 Å². The monoisotopic (exact) mass is 482 g/mol. The third-order valence-corrected chi connectivity index (χ3v) is 8.08. The second-order valence-electron chi connectivity index (χ2n) is 10.4. The molecule has 0 bridgehead atoms. The zero-order valence-electron chi connectivity index (χ0n) is 20.2. The quantitative estimate of drug-likeness (QED) is 0.665. The molecule has 0 unspecified atom stereocenters. The maximum atomic E-state index is 13.7. The van der Waals surface area contributed by atoms with Gasteiger partial charge < -0.3 is 19.9 Å². The second kappa shape index (κ2) is 10.4. The molecule has 2 aliphatic heterocycles. The number of nitrogens with one attached hydrogen (secondary N) is 1. The van der Waals surface area contributed by atoms with Crippen molar-refractivity contribution in [3.8, 4) is 0 Å². The fourth-order valence-corrected chi connectivity index (χ4v) is 5.72. The Morgan fingerprint density at radius 2 is 1.91 bits per heavy atom. The lowest BCUT2D eigenvalue weighted by Crippen LogP contribution is -2.54. The molecule has 1 aliphatic carbocycles. The van der Waals surface area contributed by atoms with Gasteiger partial charge in [-0.3, -0.25) is 4.79 Å². The van der Waals surface area contributed by atoms with Gasteiger partial charge in [-0.25, -0.2) is 4.98 Å². The van der Waals surface area contributed by atoms with Crippen molar-refractivity contribution < 1.29 is 22.7 Å². The molecule has 34 heavy (non-hydrogen) atoms. The van der Waals surface area contributed by atoms with Crippen LogP contribution in [0.25, 0.3) is 0 Å². The number of ether oxygens (including phenoxy) is 1. The van der Waals surface area contributed by atoms with Crippen LogP contribution in [0, 0.1) is 17.3 Å². The lowest BCUT2D eigenvalue weighted by molar-refractivity contribution is -0.145. The molecular formula is C25H37F3N4O2. The molecule has 1 N–H and O–H groups in total. The van der Waals surface area contributed by atoms with Crippen LogP contribution in [0.5, 0.6) is 0 Å². The van der Waals surface area contributed by atoms with Crippen molar-refractivity contribution >= 4 is 11.7 Å². The Bertz CT molecular complexity index is 836. The van der Waals surface area contributed by atoms with Gasteiger partial charge in [0.1, 0.15) is 5.82 Å². The molecule has 0 aromatic carbocycles. The van der Waals surface area contributed by atoms with E-state index in [2.05, 4.69) is 24.1 Å². The molecule has 1 aromatic heterocycles. The van der Waals surface area contributed by atoms with Crippen molar-refractivity contribution in [1.29, 1.82) is 0 Å². The van der Waals surface area contributed by atoms with Crippen molar-refractivity contribution in [2.75, 3.05) is 50.8 Å². The third-order valence-electron chi connectivity index (χ3n) is 8.08. The van der Waals surface area contributed by atoms with Gasteiger partial charge in [0, 0.05) is 51.6 Å². The molecule has 2 atom stereocenters. The fraction of sp³-hybridized carbons (Fsp3) is 0.760. The Hall–Kier alpha value is -1.87. The van der Waals surface area contributed by atoms with Gasteiger partial charge in [-0.1, -0.05) is 13.8 Å². The summed E-state index contributed by atoms with van der Waals surface area (Å²) in [7, 11) is 0. The average molecular weight is 483 g/mol. The SMILES string of the molecule is CC(C)[C@]1(C(=O)N2CCN(c3cc(C(F)(F)F)ccn3)CC2)CC[C@@H](NCC2CCOCC2)C1. The van der Waals surface area contributed by atoms with Crippen LogP contribution in [-0.2, 0) is 15.7 Å². The van der Waals surface area contributed by atoms with Crippen molar-refractivity contribution in [2.45, 2.75) is 58.2 Å². The number of nitrogens with zero attached hydrogens (tertiary/aromatic N) is 3. The Kier molecular flexibility index (Phi) is 7.72. The first-order valence-electron chi connectivity index (χ1n) is 12.6. The molecule has 3 heterocycles. The first-order valence-corrected chi connectivity index (χ1v) is 12.6. The van der Waals surface area contributed by atoms with Gasteiger partial charge in [0.25, 0.3) is 0 Å². The summed E-state index contributed by atoms with van der Waals surface area (Å²) >= 11 is 0. The van der Waals surface area contributed by atoms with Crippen molar-refractivity contribution in [3.05, 3.63) is 23.9 Å². The van der Waals surface area contributed by atoms with Gasteiger partial charge >= 0.3 is 6.18 Å².